The smallest absolute Gasteiger partial charge is 0.223 e. The molecule has 2 aliphatic carbocycles. The van der Waals surface area contributed by atoms with Crippen LogP contribution in [0.15, 0.2) is 0 Å². The number of rotatable bonds is 2. The summed E-state index contributed by atoms with van der Waals surface area (Å²) in [6.07, 6.45) is 10.8. The van der Waals surface area contributed by atoms with Crippen molar-refractivity contribution < 1.29 is 4.79 Å². The summed E-state index contributed by atoms with van der Waals surface area (Å²) in [6, 6.07) is 0.602. The van der Waals surface area contributed by atoms with Crippen molar-refractivity contribution in [1.29, 1.82) is 0 Å². The highest BCUT2D eigenvalue weighted by Crippen LogP contribution is 2.33. The molecule has 0 heterocycles. The number of amides is 1. The molecule has 0 radical (unpaired) electrons. The van der Waals surface area contributed by atoms with Gasteiger partial charge in [-0.2, -0.15) is 0 Å². The van der Waals surface area contributed by atoms with E-state index < -0.39 is 0 Å². The summed E-state index contributed by atoms with van der Waals surface area (Å²) < 4.78 is 0. The molecule has 0 spiro atoms. The average molecular weight is 280 g/mol. The number of hydrogen-bond donors (Lipinski definition) is 2. The number of nitrogens with two attached hydrogens (primary N) is 1. The van der Waals surface area contributed by atoms with Gasteiger partial charge in [-0.3, -0.25) is 4.79 Å². The minimum Gasteiger partial charge on any atom is -0.353 e. The monoisotopic (exact) mass is 280 g/mol. The second-order valence-electron chi connectivity index (χ2n) is 7.25. The highest BCUT2D eigenvalue weighted by Gasteiger charge is 2.35. The lowest BCUT2D eigenvalue weighted by atomic mass is 9.72. The fraction of sp³-hybridized carbons (Fsp3) is 0.941. The molecule has 0 saturated heterocycles. The van der Waals surface area contributed by atoms with E-state index in [9.17, 15) is 4.79 Å². The molecular formula is C17H32N2O. The molecule has 0 aromatic heterocycles. The summed E-state index contributed by atoms with van der Waals surface area (Å²) in [4.78, 5) is 12.6. The first-order valence-electron chi connectivity index (χ1n) is 8.64. The normalized spacial score (nSPS) is 37.0. The number of carbonyl (C=O) groups excluding carboxylic acids is 1. The molecule has 0 bridgehead atoms. The molecule has 2 fully saturated rings. The van der Waals surface area contributed by atoms with E-state index in [1.165, 1.54) is 32.1 Å². The van der Waals surface area contributed by atoms with Crippen LogP contribution in [0.25, 0.3) is 0 Å². The van der Waals surface area contributed by atoms with Gasteiger partial charge < -0.3 is 11.1 Å². The SMILES string of the molecule is CC1CC(C)C(C(=O)NC2CCCCCCC2)CC1N. The van der Waals surface area contributed by atoms with E-state index in [1.807, 2.05) is 0 Å². The van der Waals surface area contributed by atoms with Crippen molar-refractivity contribution in [3.05, 3.63) is 0 Å². The predicted molar refractivity (Wildman–Crippen MR) is 83.3 cm³/mol. The molecule has 4 unspecified atom stereocenters. The maximum Gasteiger partial charge on any atom is 0.223 e. The summed E-state index contributed by atoms with van der Waals surface area (Å²) in [5.74, 6) is 1.42. The van der Waals surface area contributed by atoms with Crippen molar-refractivity contribution in [2.24, 2.45) is 23.5 Å². The Balaban J connectivity index is 1.86. The zero-order chi connectivity index (χ0) is 14.5. The fourth-order valence-electron chi connectivity index (χ4n) is 3.96. The molecule has 2 aliphatic rings. The van der Waals surface area contributed by atoms with Crippen LogP contribution in [0, 0.1) is 17.8 Å². The van der Waals surface area contributed by atoms with E-state index >= 15 is 0 Å². The summed E-state index contributed by atoms with van der Waals surface area (Å²) in [5, 5.41) is 3.33. The third-order valence-electron chi connectivity index (χ3n) is 5.48. The Hall–Kier alpha value is -0.570. The van der Waals surface area contributed by atoms with Crippen LogP contribution in [-0.2, 0) is 4.79 Å². The van der Waals surface area contributed by atoms with Gasteiger partial charge in [0.05, 0.1) is 0 Å². The molecule has 0 aliphatic heterocycles. The van der Waals surface area contributed by atoms with Crippen LogP contribution >= 0.6 is 0 Å². The van der Waals surface area contributed by atoms with Gasteiger partial charge in [0.2, 0.25) is 5.91 Å². The van der Waals surface area contributed by atoms with E-state index in [4.69, 9.17) is 5.73 Å². The largest absolute Gasteiger partial charge is 0.353 e. The Kier molecular flexibility index (Phi) is 5.88. The van der Waals surface area contributed by atoms with Gasteiger partial charge in [0.15, 0.2) is 0 Å². The Morgan fingerprint density at radius 2 is 1.55 bits per heavy atom. The zero-order valence-corrected chi connectivity index (χ0v) is 13.2. The lowest BCUT2D eigenvalue weighted by molar-refractivity contribution is -0.129. The molecule has 3 heteroatoms. The average Bonchev–Trinajstić information content (AvgIpc) is 2.36. The first-order chi connectivity index (χ1) is 9.58. The van der Waals surface area contributed by atoms with Gasteiger partial charge in [0, 0.05) is 18.0 Å². The zero-order valence-electron chi connectivity index (χ0n) is 13.2. The second kappa shape index (κ2) is 7.44. The standard InChI is InChI=1S/C17H32N2O/c1-12-10-13(2)16(18)11-15(12)17(20)19-14-8-6-4-3-5-7-9-14/h12-16H,3-11,18H2,1-2H3,(H,19,20). The molecule has 2 rings (SSSR count). The fourth-order valence-corrected chi connectivity index (χ4v) is 3.96. The number of hydrogen-bond acceptors (Lipinski definition) is 2. The summed E-state index contributed by atoms with van der Waals surface area (Å²) >= 11 is 0. The van der Waals surface area contributed by atoms with Gasteiger partial charge in [-0.25, -0.2) is 0 Å². The molecule has 3 nitrogen and oxygen atoms in total. The van der Waals surface area contributed by atoms with Gasteiger partial charge in [0.25, 0.3) is 0 Å². The van der Waals surface area contributed by atoms with Crippen LogP contribution in [0.3, 0.4) is 0 Å². The molecule has 3 N–H and O–H groups in total. The molecule has 1 amide bonds. The highest BCUT2D eigenvalue weighted by molar-refractivity contribution is 5.79. The third kappa shape index (κ3) is 4.21. The van der Waals surface area contributed by atoms with E-state index in [0.717, 1.165) is 25.7 Å². The molecular weight excluding hydrogens is 248 g/mol. The summed E-state index contributed by atoms with van der Waals surface area (Å²) in [7, 11) is 0. The molecule has 0 aromatic carbocycles. The van der Waals surface area contributed by atoms with Crippen molar-refractivity contribution >= 4 is 5.91 Å². The number of nitrogens with one attached hydrogen (secondary N) is 1. The lowest BCUT2D eigenvalue weighted by Crippen LogP contribution is -2.47. The highest BCUT2D eigenvalue weighted by atomic mass is 16.2. The van der Waals surface area contributed by atoms with E-state index in [1.54, 1.807) is 0 Å². The van der Waals surface area contributed by atoms with Crippen LogP contribution in [0.4, 0.5) is 0 Å². The molecule has 2 saturated carbocycles. The van der Waals surface area contributed by atoms with Crippen molar-refractivity contribution in [1.82, 2.24) is 5.32 Å². The summed E-state index contributed by atoms with van der Waals surface area (Å²) in [5.41, 5.74) is 6.17. The van der Waals surface area contributed by atoms with Crippen molar-refractivity contribution in [3.8, 4) is 0 Å². The first kappa shape index (κ1) is 15.8. The Bertz CT molecular complexity index is 310. The van der Waals surface area contributed by atoms with E-state index in [-0.39, 0.29) is 17.9 Å². The van der Waals surface area contributed by atoms with Crippen LogP contribution in [0.2, 0.25) is 0 Å². The molecule has 20 heavy (non-hydrogen) atoms. The van der Waals surface area contributed by atoms with Crippen LogP contribution in [-0.4, -0.2) is 18.0 Å². The van der Waals surface area contributed by atoms with Crippen molar-refractivity contribution in [3.63, 3.8) is 0 Å². The number of carbonyl (C=O) groups is 1. The minimum atomic E-state index is 0.131. The van der Waals surface area contributed by atoms with Gasteiger partial charge in [-0.1, -0.05) is 46.0 Å². The molecule has 116 valence electrons. The predicted octanol–water partition coefficient (Wildman–Crippen LogP) is 3.23. The topological polar surface area (TPSA) is 55.1 Å². The maximum atomic E-state index is 12.6. The maximum absolute atomic E-state index is 12.6. The van der Waals surface area contributed by atoms with Crippen molar-refractivity contribution in [2.45, 2.75) is 83.7 Å². The minimum absolute atomic E-state index is 0.131. The van der Waals surface area contributed by atoms with Gasteiger partial charge in [-0.05, 0) is 37.5 Å². The lowest BCUT2D eigenvalue weighted by Gasteiger charge is -2.37. The Morgan fingerprint density at radius 3 is 2.20 bits per heavy atom. The van der Waals surface area contributed by atoms with Crippen LogP contribution < -0.4 is 11.1 Å². The molecule has 0 aromatic rings. The summed E-state index contributed by atoms with van der Waals surface area (Å²) in [6.45, 7) is 4.43. The van der Waals surface area contributed by atoms with E-state index in [0.29, 0.717) is 17.9 Å². The van der Waals surface area contributed by atoms with E-state index in [2.05, 4.69) is 19.2 Å². The van der Waals surface area contributed by atoms with Crippen LogP contribution in [0.5, 0.6) is 0 Å². The van der Waals surface area contributed by atoms with Crippen LogP contribution in [0.1, 0.15) is 71.6 Å². The third-order valence-corrected chi connectivity index (χ3v) is 5.48. The second-order valence-corrected chi connectivity index (χ2v) is 7.25. The van der Waals surface area contributed by atoms with Gasteiger partial charge >= 0.3 is 0 Å². The quantitative estimate of drug-likeness (QED) is 0.816. The molecule has 4 atom stereocenters. The first-order valence-corrected chi connectivity index (χ1v) is 8.64. The van der Waals surface area contributed by atoms with Crippen molar-refractivity contribution in [2.75, 3.05) is 0 Å². The van der Waals surface area contributed by atoms with Gasteiger partial charge in [-0.15, -0.1) is 0 Å². The Labute approximate surface area is 124 Å². The Morgan fingerprint density at radius 1 is 0.950 bits per heavy atom. The van der Waals surface area contributed by atoms with Gasteiger partial charge in [0.1, 0.15) is 0 Å².